The van der Waals surface area contributed by atoms with Crippen LogP contribution in [0.15, 0.2) is 54.6 Å². The van der Waals surface area contributed by atoms with Gasteiger partial charge in [-0.2, -0.15) is 0 Å². The normalized spacial score (nSPS) is 23.3. The fourth-order valence-corrected chi connectivity index (χ4v) is 5.35. The van der Waals surface area contributed by atoms with Crippen LogP contribution in [-0.2, 0) is 16.9 Å². The van der Waals surface area contributed by atoms with Crippen LogP contribution in [-0.4, -0.2) is 41.0 Å². The van der Waals surface area contributed by atoms with E-state index < -0.39 is 5.72 Å². The van der Waals surface area contributed by atoms with Crippen LogP contribution in [0.4, 0.5) is 0 Å². The number of carbonyl (C=O) groups excluding carboxylic acids is 1. The monoisotopic (exact) mass is 404 g/mol. The lowest BCUT2D eigenvalue weighted by molar-refractivity contribution is -0.125. The summed E-state index contributed by atoms with van der Waals surface area (Å²) >= 11 is 0. The SMILES string of the molecule is CCC1(O)C(CC(C)=O)C(c2ccccc2)c2c(CCN(C)C)c3ccccc3n21. The molecule has 0 spiro atoms. The van der Waals surface area contributed by atoms with Gasteiger partial charge < -0.3 is 19.4 Å². The Labute approximate surface area is 179 Å². The Morgan fingerprint density at radius 1 is 1.10 bits per heavy atom. The average molecular weight is 405 g/mol. The van der Waals surface area contributed by atoms with Crippen LogP contribution in [0, 0.1) is 5.92 Å². The summed E-state index contributed by atoms with van der Waals surface area (Å²) in [5, 5.41) is 13.3. The Kier molecular flexibility index (Phi) is 5.56. The Balaban J connectivity index is 2.03. The highest BCUT2D eigenvalue weighted by atomic mass is 16.3. The van der Waals surface area contributed by atoms with Crippen molar-refractivity contribution in [3.05, 3.63) is 71.4 Å². The van der Waals surface area contributed by atoms with Crippen molar-refractivity contribution in [1.29, 1.82) is 0 Å². The second-order valence-electron chi connectivity index (χ2n) is 8.90. The molecule has 158 valence electrons. The maximum absolute atomic E-state index is 12.3. The smallest absolute Gasteiger partial charge is 0.145 e. The first kappa shape index (κ1) is 20.8. The number of rotatable bonds is 7. The number of para-hydroxylation sites is 1. The van der Waals surface area contributed by atoms with Gasteiger partial charge in [0.15, 0.2) is 0 Å². The Hall–Kier alpha value is -2.43. The highest BCUT2D eigenvalue weighted by molar-refractivity contribution is 5.87. The van der Waals surface area contributed by atoms with E-state index in [9.17, 15) is 9.90 Å². The number of hydrogen-bond acceptors (Lipinski definition) is 3. The zero-order valence-electron chi connectivity index (χ0n) is 18.4. The number of hydrogen-bond donors (Lipinski definition) is 1. The minimum atomic E-state index is -1.09. The molecule has 1 N–H and O–H groups in total. The van der Waals surface area contributed by atoms with Crippen molar-refractivity contribution in [2.45, 2.75) is 44.8 Å². The number of carbonyl (C=O) groups is 1. The van der Waals surface area contributed by atoms with Gasteiger partial charge in [0, 0.05) is 35.9 Å². The zero-order valence-corrected chi connectivity index (χ0v) is 18.4. The molecule has 0 amide bonds. The van der Waals surface area contributed by atoms with E-state index in [1.807, 2.05) is 19.1 Å². The molecule has 0 fully saturated rings. The van der Waals surface area contributed by atoms with Gasteiger partial charge >= 0.3 is 0 Å². The van der Waals surface area contributed by atoms with E-state index in [-0.39, 0.29) is 17.6 Å². The van der Waals surface area contributed by atoms with Gasteiger partial charge in [-0.15, -0.1) is 0 Å². The molecule has 3 atom stereocenters. The van der Waals surface area contributed by atoms with E-state index in [4.69, 9.17) is 0 Å². The molecular weight excluding hydrogens is 372 g/mol. The molecule has 1 aromatic heterocycles. The Morgan fingerprint density at radius 3 is 2.40 bits per heavy atom. The summed E-state index contributed by atoms with van der Waals surface area (Å²) in [5.41, 5.74) is 3.63. The molecule has 4 rings (SSSR count). The van der Waals surface area contributed by atoms with Crippen LogP contribution in [0.5, 0.6) is 0 Å². The zero-order chi connectivity index (χ0) is 21.5. The largest absolute Gasteiger partial charge is 0.370 e. The summed E-state index contributed by atoms with van der Waals surface area (Å²) in [5.74, 6) is -0.0672. The number of Topliss-reactive ketones (excluding diaryl/α,β-unsaturated/α-hetero) is 1. The lowest BCUT2D eigenvalue weighted by Crippen LogP contribution is -2.38. The molecule has 3 unspecified atom stereocenters. The lowest BCUT2D eigenvalue weighted by atomic mass is 9.76. The summed E-state index contributed by atoms with van der Waals surface area (Å²) in [6.07, 6.45) is 1.84. The first-order chi connectivity index (χ1) is 14.4. The van der Waals surface area contributed by atoms with Gasteiger partial charge in [-0.05, 0) is 51.1 Å². The number of aliphatic hydroxyl groups is 1. The predicted molar refractivity (Wildman–Crippen MR) is 122 cm³/mol. The van der Waals surface area contributed by atoms with Gasteiger partial charge in [-0.25, -0.2) is 0 Å². The van der Waals surface area contributed by atoms with Crippen LogP contribution < -0.4 is 0 Å². The van der Waals surface area contributed by atoms with E-state index in [1.165, 1.54) is 22.2 Å². The third-order valence-electron chi connectivity index (χ3n) is 6.69. The van der Waals surface area contributed by atoms with E-state index in [2.05, 4.69) is 66.0 Å². The van der Waals surface area contributed by atoms with Crippen molar-refractivity contribution in [3.8, 4) is 0 Å². The minimum absolute atomic E-state index is 0.00962. The van der Waals surface area contributed by atoms with E-state index in [1.54, 1.807) is 6.92 Å². The fraction of sp³-hybridized carbons (Fsp3) is 0.423. The lowest BCUT2D eigenvalue weighted by Gasteiger charge is -2.33. The van der Waals surface area contributed by atoms with Gasteiger partial charge in [-0.3, -0.25) is 0 Å². The minimum Gasteiger partial charge on any atom is -0.370 e. The summed E-state index contributed by atoms with van der Waals surface area (Å²) in [7, 11) is 4.18. The molecule has 30 heavy (non-hydrogen) atoms. The maximum Gasteiger partial charge on any atom is 0.145 e. The molecule has 1 aliphatic rings. The van der Waals surface area contributed by atoms with Crippen LogP contribution in [0.3, 0.4) is 0 Å². The Morgan fingerprint density at radius 2 is 1.77 bits per heavy atom. The number of ketones is 1. The molecule has 0 saturated carbocycles. The predicted octanol–water partition coefficient (Wildman–Crippen LogP) is 4.54. The number of likely N-dealkylation sites (N-methyl/N-ethyl adjacent to an activating group) is 1. The standard InChI is InChI=1S/C26H32N2O2/c1-5-26(30)22(17-18(2)29)24(19-11-7-6-8-12-19)25-21(15-16-27(3)4)20-13-9-10-14-23(20)28(25)26/h6-14,22,24,30H,5,15-17H2,1-4H3. The van der Waals surface area contributed by atoms with Gasteiger partial charge in [0.25, 0.3) is 0 Å². The van der Waals surface area contributed by atoms with Crippen LogP contribution in [0.2, 0.25) is 0 Å². The molecule has 2 heterocycles. The molecule has 2 aromatic carbocycles. The number of aromatic nitrogens is 1. The van der Waals surface area contributed by atoms with Crippen molar-refractivity contribution in [1.82, 2.24) is 9.47 Å². The van der Waals surface area contributed by atoms with Crippen molar-refractivity contribution in [2.75, 3.05) is 20.6 Å². The van der Waals surface area contributed by atoms with Crippen molar-refractivity contribution in [3.63, 3.8) is 0 Å². The summed E-state index contributed by atoms with van der Waals surface area (Å²) in [6, 6.07) is 18.8. The van der Waals surface area contributed by atoms with Gasteiger partial charge in [0.05, 0.1) is 5.52 Å². The number of fused-ring (bicyclic) bond motifs is 3. The summed E-state index contributed by atoms with van der Waals surface area (Å²) in [4.78, 5) is 14.5. The number of benzene rings is 2. The molecule has 4 nitrogen and oxygen atoms in total. The van der Waals surface area contributed by atoms with Crippen molar-refractivity contribution >= 4 is 16.7 Å². The first-order valence-corrected chi connectivity index (χ1v) is 10.9. The van der Waals surface area contributed by atoms with Gasteiger partial charge in [0.1, 0.15) is 11.5 Å². The average Bonchev–Trinajstić information content (AvgIpc) is 3.18. The quantitative estimate of drug-likeness (QED) is 0.629. The molecule has 0 saturated heterocycles. The second kappa shape index (κ2) is 8.01. The molecular formula is C26H32N2O2. The van der Waals surface area contributed by atoms with Crippen LogP contribution in [0.25, 0.3) is 10.9 Å². The maximum atomic E-state index is 12.3. The molecule has 0 aliphatic carbocycles. The van der Waals surface area contributed by atoms with Crippen molar-refractivity contribution < 1.29 is 9.90 Å². The summed E-state index contributed by atoms with van der Waals surface area (Å²) < 4.78 is 2.17. The Bertz CT molecular complexity index is 1050. The topological polar surface area (TPSA) is 45.5 Å². The van der Waals surface area contributed by atoms with Crippen LogP contribution >= 0.6 is 0 Å². The molecule has 0 bridgehead atoms. The highest BCUT2D eigenvalue weighted by Crippen LogP contribution is 2.55. The summed E-state index contributed by atoms with van der Waals surface area (Å²) in [6.45, 7) is 4.60. The molecule has 4 heteroatoms. The van der Waals surface area contributed by atoms with Crippen LogP contribution in [0.1, 0.15) is 49.4 Å². The second-order valence-corrected chi connectivity index (χ2v) is 8.90. The van der Waals surface area contributed by atoms with E-state index >= 15 is 0 Å². The first-order valence-electron chi connectivity index (χ1n) is 10.9. The number of nitrogens with zero attached hydrogens (tertiary/aromatic N) is 2. The third-order valence-corrected chi connectivity index (χ3v) is 6.69. The van der Waals surface area contributed by atoms with E-state index in [0.717, 1.165) is 18.5 Å². The van der Waals surface area contributed by atoms with Gasteiger partial charge in [-0.1, -0.05) is 55.5 Å². The highest BCUT2D eigenvalue weighted by Gasteiger charge is 2.52. The third kappa shape index (κ3) is 3.28. The van der Waals surface area contributed by atoms with E-state index in [0.29, 0.717) is 12.8 Å². The fourth-order valence-electron chi connectivity index (χ4n) is 5.35. The van der Waals surface area contributed by atoms with Crippen molar-refractivity contribution in [2.24, 2.45) is 5.92 Å². The van der Waals surface area contributed by atoms with Gasteiger partial charge in [0.2, 0.25) is 0 Å². The molecule has 0 radical (unpaired) electrons. The molecule has 1 aliphatic heterocycles. The molecule has 3 aromatic rings.